The van der Waals surface area contributed by atoms with Crippen LogP contribution in [0.5, 0.6) is 0 Å². The maximum absolute atomic E-state index is 13.6. The van der Waals surface area contributed by atoms with Crippen molar-refractivity contribution in [3.05, 3.63) is 73.4 Å². The molecule has 162 valence electrons. The summed E-state index contributed by atoms with van der Waals surface area (Å²) in [6, 6.07) is 8.49. The van der Waals surface area contributed by atoms with E-state index in [4.69, 9.17) is 28.5 Å². The number of carbonyl (C=O) groups excluding carboxylic acids is 1. The van der Waals surface area contributed by atoms with E-state index < -0.39 is 33.4 Å². The maximum atomic E-state index is 13.6. The van der Waals surface area contributed by atoms with E-state index in [9.17, 15) is 22.4 Å². The molecule has 0 bridgehead atoms. The second-order valence-corrected chi connectivity index (χ2v) is 9.08. The van der Waals surface area contributed by atoms with Gasteiger partial charge in [0.25, 0.3) is 0 Å². The Kier molecular flexibility index (Phi) is 6.85. The highest BCUT2D eigenvalue weighted by Gasteiger charge is 2.45. The van der Waals surface area contributed by atoms with Crippen molar-refractivity contribution in [3.8, 4) is 6.07 Å². The predicted molar refractivity (Wildman–Crippen MR) is 115 cm³/mol. The lowest BCUT2D eigenvalue weighted by Crippen LogP contribution is -2.19. The topological polar surface area (TPSA) is 40.9 Å². The number of carbonyl (C=O) groups is 1. The Morgan fingerprint density at radius 1 is 1.23 bits per heavy atom. The molecule has 3 rings (SSSR count). The zero-order chi connectivity index (χ0) is 23.0. The van der Waals surface area contributed by atoms with E-state index in [1.807, 2.05) is 0 Å². The van der Waals surface area contributed by atoms with Gasteiger partial charge in [0, 0.05) is 16.5 Å². The van der Waals surface area contributed by atoms with Crippen LogP contribution in [0.4, 0.5) is 17.6 Å². The standard InChI is InChI=1S/C22H14BrCl2F4NO/c23-16-7-12(1-3-14(16)19(31)10-21(11-30)5-6-21)2-4-15(22(27,28)29)13-8-17(24)20(26)18(25)9-13/h1-4,7-9,15H,5-6,10H2/b4-2+. The third kappa shape index (κ3) is 5.49. The van der Waals surface area contributed by atoms with E-state index in [0.717, 1.165) is 18.2 Å². The number of alkyl halides is 3. The molecule has 0 N–H and O–H groups in total. The number of hydrogen-bond donors (Lipinski definition) is 0. The van der Waals surface area contributed by atoms with Gasteiger partial charge in [0.05, 0.1) is 27.4 Å². The number of nitrogens with zero attached hydrogens (tertiary/aromatic N) is 1. The third-order valence-corrected chi connectivity index (χ3v) is 6.29. The van der Waals surface area contributed by atoms with Gasteiger partial charge in [-0.25, -0.2) is 4.39 Å². The van der Waals surface area contributed by atoms with Crippen molar-refractivity contribution < 1.29 is 22.4 Å². The van der Waals surface area contributed by atoms with E-state index in [1.54, 1.807) is 0 Å². The summed E-state index contributed by atoms with van der Waals surface area (Å²) >= 11 is 14.6. The first-order chi connectivity index (χ1) is 14.5. The van der Waals surface area contributed by atoms with Crippen LogP contribution in [0.2, 0.25) is 10.0 Å². The maximum Gasteiger partial charge on any atom is 0.399 e. The van der Waals surface area contributed by atoms with Gasteiger partial charge in [0.15, 0.2) is 11.6 Å². The number of benzene rings is 2. The molecule has 1 aliphatic carbocycles. The third-order valence-electron chi connectivity index (χ3n) is 5.08. The Balaban J connectivity index is 1.85. The summed E-state index contributed by atoms with van der Waals surface area (Å²) in [7, 11) is 0. The Labute approximate surface area is 194 Å². The first-order valence-electron chi connectivity index (χ1n) is 9.09. The summed E-state index contributed by atoms with van der Waals surface area (Å²) in [6.07, 6.45) is -1.02. The number of hydrogen-bond acceptors (Lipinski definition) is 2. The first kappa shape index (κ1) is 23.8. The van der Waals surface area contributed by atoms with Crippen molar-refractivity contribution in [2.45, 2.75) is 31.4 Å². The van der Waals surface area contributed by atoms with Crippen LogP contribution in [0.15, 0.2) is 40.9 Å². The van der Waals surface area contributed by atoms with Crippen molar-refractivity contribution in [1.29, 1.82) is 5.26 Å². The number of Topliss-reactive ketones (excluding diaryl/α,β-unsaturated/α-hetero) is 1. The minimum absolute atomic E-state index is 0.111. The van der Waals surface area contributed by atoms with Gasteiger partial charge in [-0.1, -0.05) is 57.4 Å². The molecule has 0 aliphatic heterocycles. The van der Waals surface area contributed by atoms with Crippen molar-refractivity contribution in [1.82, 2.24) is 0 Å². The quantitative estimate of drug-likeness (QED) is 0.213. The van der Waals surface area contributed by atoms with Crippen LogP contribution in [0.3, 0.4) is 0 Å². The summed E-state index contributed by atoms with van der Waals surface area (Å²) in [4.78, 5) is 12.5. The van der Waals surface area contributed by atoms with Gasteiger partial charge in [0.1, 0.15) is 0 Å². The van der Waals surface area contributed by atoms with Gasteiger partial charge in [0.2, 0.25) is 0 Å². The van der Waals surface area contributed by atoms with Crippen molar-refractivity contribution in [3.63, 3.8) is 0 Å². The van der Waals surface area contributed by atoms with Crippen LogP contribution in [0.1, 0.15) is 46.7 Å². The van der Waals surface area contributed by atoms with Crippen LogP contribution in [0.25, 0.3) is 6.08 Å². The zero-order valence-corrected chi connectivity index (χ0v) is 18.8. The first-order valence-corrected chi connectivity index (χ1v) is 10.6. The molecular formula is C22H14BrCl2F4NO. The minimum Gasteiger partial charge on any atom is -0.294 e. The SMILES string of the molecule is N#CC1(CC(=O)c2ccc(/C=C/C(c3cc(Cl)c(F)c(Cl)c3)C(F)(F)F)cc2Br)CC1. The van der Waals surface area contributed by atoms with E-state index in [2.05, 4.69) is 22.0 Å². The molecule has 9 heteroatoms. The molecule has 2 aromatic rings. The second-order valence-electron chi connectivity index (χ2n) is 7.41. The van der Waals surface area contributed by atoms with Crippen LogP contribution < -0.4 is 0 Å². The van der Waals surface area contributed by atoms with E-state index in [-0.39, 0.29) is 17.8 Å². The van der Waals surface area contributed by atoms with E-state index in [0.29, 0.717) is 28.4 Å². The largest absolute Gasteiger partial charge is 0.399 e. The Hall–Kier alpha value is -1.88. The predicted octanol–water partition coefficient (Wildman–Crippen LogP) is 8.13. The zero-order valence-electron chi connectivity index (χ0n) is 15.7. The summed E-state index contributed by atoms with van der Waals surface area (Å²) < 4.78 is 54.8. The number of ketones is 1. The number of rotatable bonds is 6. The fourth-order valence-corrected chi connectivity index (χ4v) is 4.24. The van der Waals surface area contributed by atoms with Crippen LogP contribution in [0, 0.1) is 22.6 Å². The second kappa shape index (κ2) is 8.93. The summed E-state index contributed by atoms with van der Waals surface area (Å²) in [5.41, 5.74) is -0.106. The van der Waals surface area contributed by atoms with Crippen LogP contribution in [-0.4, -0.2) is 12.0 Å². The molecule has 0 saturated heterocycles. The fraction of sp³-hybridized carbons (Fsp3) is 0.273. The van der Waals surface area contributed by atoms with Gasteiger partial charge in [-0.15, -0.1) is 0 Å². The van der Waals surface area contributed by atoms with Crippen LogP contribution in [-0.2, 0) is 0 Å². The Morgan fingerprint density at radius 2 is 1.84 bits per heavy atom. The molecule has 31 heavy (non-hydrogen) atoms. The van der Waals surface area contributed by atoms with Gasteiger partial charge in [-0.3, -0.25) is 4.79 Å². The van der Waals surface area contributed by atoms with Gasteiger partial charge in [-0.05, 0) is 48.2 Å². The average molecular weight is 535 g/mol. The molecule has 0 radical (unpaired) electrons. The molecule has 1 aliphatic rings. The smallest absolute Gasteiger partial charge is 0.294 e. The monoisotopic (exact) mass is 533 g/mol. The Bertz CT molecular complexity index is 1080. The molecule has 1 fully saturated rings. The van der Waals surface area contributed by atoms with Crippen molar-refractivity contribution in [2.24, 2.45) is 5.41 Å². The van der Waals surface area contributed by atoms with Gasteiger partial charge < -0.3 is 0 Å². The summed E-state index contributed by atoms with van der Waals surface area (Å²) in [5, 5.41) is 8.15. The summed E-state index contributed by atoms with van der Waals surface area (Å²) in [5.74, 6) is -3.25. The molecule has 0 heterocycles. The molecule has 1 unspecified atom stereocenters. The molecule has 1 saturated carbocycles. The number of allylic oxidation sites excluding steroid dienone is 1. The van der Waals surface area contributed by atoms with Crippen molar-refractivity contribution in [2.75, 3.05) is 0 Å². The fourth-order valence-electron chi connectivity index (χ4n) is 3.11. The van der Waals surface area contributed by atoms with Gasteiger partial charge >= 0.3 is 6.18 Å². The Morgan fingerprint density at radius 3 is 2.32 bits per heavy atom. The highest BCUT2D eigenvalue weighted by atomic mass is 79.9. The molecular weight excluding hydrogens is 521 g/mol. The molecule has 2 nitrogen and oxygen atoms in total. The highest BCUT2D eigenvalue weighted by Crippen LogP contribution is 2.49. The lowest BCUT2D eigenvalue weighted by molar-refractivity contribution is -0.139. The molecule has 0 spiro atoms. The van der Waals surface area contributed by atoms with Crippen LogP contribution >= 0.6 is 39.1 Å². The number of nitriles is 1. The highest BCUT2D eigenvalue weighted by molar-refractivity contribution is 9.10. The van der Waals surface area contributed by atoms with Gasteiger partial charge in [-0.2, -0.15) is 18.4 Å². The number of halogens is 7. The molecule has 0 amide bonds. The minimum atomic E-state index is -4.66. The lowest BCUT2D eigenvalue weighted by Gasteiger charge is -2.18. The molecule has 2 aromatic carbocycles. The lowest BCUT2D eigenvalue weighted by atomic mass is 9.95. The van der Waals surface area contributed by atoms with E-state index in [1.165, 1.54) is 24.3 Å². The average Bonchev–Trinajstić information content (AvgIpc) is 3.45. The van der Waals surface area contributed by atoms with E-state index >= 15 is 0 Å². The molecule has 0 aromatic heterocycles. The molecule has 1 atom stereocenters. The summed E-state index contributed by atoms with van der Waals surface area (Å²) in [6.45, 7) is 0. The van der Waals surface area contributed by atoms with Crippen molar-refractivity contribution >= 4 is 51.0 Å². The normalized spacial score (nSPS) is 16.2.